The van der Waals surface area contributed by atoms with Gasteiger partial charge in [-0.2, -0.15) is 0 Å². The van der Waals surface area contributed by atoms with Crippen LogP contribution in [0.1, 0.15) is 39.5 Å². The zero-order chi connectivity index (χ0) is 10.6. The molecule has 0 bridgehead atoms. The highest BCUT2D eigenvalue weighted by atomic mass is 16.5. The van der Waals surface area contributed by atoms with Crippen molar-refractivity contribution in [1.29, 1.82) is 0 Å². The fourth-order valence-corrected chi connectivity index (χ4v) is 1.30. The summed E-state index contributed by atoms with van der Waals surface area (Å²) in [7, 11) is 0. The molecule has 1 atom stereocenters. The smallest absolute Gasteiger partial charge is 0.0697 e. The molecule has 0 fully saturated rings. The first-order chi connectivity index (χ1) is 6.81. The van der Waals surface area contributed by atoms with Crippen molar-refractivity contribution in [2.24, 2.45) is 0 Å². The molecule has 0 rings (SSSR count). The van der Waals surface area contributed by atoms with Crippen molar-refractivity contribution in [2.75, 3.05) is 26.4 Å². The van der Waals surface area contributed by atoms with Gasteiger partial charge in [0.1, 0.15) is 0 Å². The number of ether oxygens (including phenoxy) is 1. The lowest BCUT2D eigenvalue weighted by atomic mass is 10.1. The third-order valence-corrected chi connectivity index (χ3v) is 2.18. The van der Waals surface area contributed by atoms with E-state index in [1.54, 1.807) is 0 Å². The first kappa shape index (κ1) is 13.9. The van der Waals surface area contributed by atoms with Gasteiger partial charge in [0.05, 0.1) is 13.2 Å². The average Bonchev–Trinajstić information content (AvgIpc) is 2.20. The summed E-state index contributed by atoms with van der Waals surface area (Å²) in [4.78, 5) is 0. The zero-order valence-electron chi connectivity index (χ0n) is 9.59. The number of aliphatic hydroxyl groups is 1. The number of hydrogen-bond donors (Lipinski definition) is 2. The second-order valence-corrected chi connectivity index (χ2v) is 3.69. The van der Waals surface area contributed by atoms with Crippen LogP contribution >= 0.6 is 0 Å². The standard InChI is InChI=1S/C11H25NO2/c1-3-4-6-11(2)12-7-5-9-14-10-8-13/h11-13H,3-10H2,1-2H3. The molecule has 0 aromatic carbocycles. The van der Waals surface area contributed by atoms with Gasteiger partial charge in [-0.3, -0.25) is 0 Å². The van der Waals surface area contributed by atoms with E-state index in [-0.39, 0.29) is 6.61 Å². The highest BCUT2D eigenvalue weighted by Gasteiger charge is 1.98. The van der Waals surface area contributed by atoms with Crippen molar-refractivity contribution >= 4 is 0 Å². The molecule has 14 heavy (non-hydrogen) atoms. The van der Waals surface area contributed by atoms with E-state index in [4.69, 9.17) is 9.84 Å². The summed E-state index contributed by atoms with van der Waals surface area (Å²) in [5.74, 6) is 0. The molecule has 3 nitrogen and oxygen atoms in total. The summed E-state index contributed by atoms with van der Waals surface area (Å²) in [6, 6.07) is 0.618. The second-order valence-electron chi connectivity index (χ2n) is 3.69. The maximum absolute atomic E-state index is 8.47. The SMILES string of the molecule is CCCCC(C)NCCCOCCO. The van der Waals surface area contributed by atoms with E-state index in [0.717, 1.165) is 19.6 Å². The molecule has 0 aromatic heterocycles. The van der Waals surface area contributed by atoms with Crippen LogP contribution in [-0.2, 0) is 4.74 Å². The summed E-state index contributed by atoms with van der Waals surface area (Å²) < 4.78 is 5.16. The molecule has 0 spiro atoms. The Labute approximate surface area is 87.8 Å². The fourth-order valence-electron chi connectivity index (χ4n) is 1.30. The number of hydrogen-bond acceptors (Lipinski definition) is 3. The molecule has 0 saturated carbocycles. The van der Waals surface area contributed by atoms with Gasteiger partial charge >= 0.3 is 0 Å². The molecular weight excluding hydrogens is 178 g/mol. The maximum atomic E-state index is 8.47. The summed E-state index contributed by atoms with van der Waals surface area (Å²) in [5, 5.41) is 11.9. The van der Waals surface area contributed by atoms with Crippen LogP contribution in [-0.4, -0.2) is 37.5 Å². The van der Waals surface area contributed by atoms with Crippen molar-refractivity contribution < 1.29 is 9.84 Å². The van der Waals surface area contributed by atoms with E-state index >= 15 is 0 Å². The summed E-state index contributed by atoms with van der Waals surface area (Å²) in [6.07, 6.45) is 4.85. The van der Waals surface area contributed by atoms with Crippen molar-refractivity contribution in [3.05, 3.63) is 0 Å². The molecule has 0 aliphatic carbocycles. The molecule has 0 saturated heterocycles. The number of rotatable bonds is 10. The Morgan fingerprint density at radius 1 is 1.29 bits per heavy atom. The van der Waals surface area contributed by atoms with Crippen LogP contribution in [0.15, 0.2) is 0 Å². The Bertz CT molecular complexity index is 109. The lowest BCUT2D eigenvalue weighted by molar-refractivity contribution is 0.0904. The van der Waals surface area contributed by atoms with Gasteiger partial charge in [-0.15, -0.1) is 0 Å². The molecule has 0 amide bonds. The van der Waals surface area contributed by atoms with Crippen LogP contribution in [0.3, 0.4) is 0 Å². The van der Waals surface area contributed by atoms with Crippen molar-refractivity contribution in [3.8, 4) is 0 Å². The second kappa shape index (κ2) is 11.0. The molecule has 0 aromatic rings. The van der Waals surface area contributed by atoms with Gasteiger partial charge in [0, 0.05) is 12.6 Å². The molecule has 0 aliphatic heterocycles. The first-order valence-electron chi connectivity index (χ1n) is 5.73. The Kier molecular flexibility index (Phi) is 10.9. The largest absolute Gasteiger partial charge is 0.394 e. The highest BCUT2D eigenvalue weighted by Crippen LogP contribution is 1.99. The number of nitrogens with one attached hydrogen (secondary N) is 1. The highest BCUT2D eigenvalue weighted by molar-refractivity contribution is 4.59. The molecule has 0 radical (unpaired) electrons. The first-order valence-corrected chi connectivity index (χ1v) is 5.73. The molecule has 3 heteroatoms. The van der Waals surface area contributed by atoms with Gasteiger partial charge in [0.15, 0.2) is 0 Å². The molecular formula is C11H25NO2. The quantitative estimate of drug-likeness (QED) is 0.529. The van der Waals surface area contributed by atoms with Gasteiger partial charge in [-0.25, -0.2) is 0 Å². The Hall–Kier alpha value is -0.120. The predicted molar refractivity (Wildman–Crippen MR) is 59.5 cm³/mol. The van der Waals surface area contributed by atoms with E-state index < -0.39 is 0 Å². The zero-order valence-corrected chi connectivity index (χ0v) is 9.59. The van der Waals surface area contributed by atoms with Crippen LogP contribution < -0.4 is 5.32 Å². The third-order valence-electron chi connectivity index (χ3n) is 2.18. The van der Waals surface area contributed by atoms with Crippen LogP contribution in [0.2, 0.25) is 0 Å². The monoisotopic (exact) mass is 203 g/mol. The van der Waals surface area contributed by atoms with Crippen molar-refractivity contribution in [1.82, 2.24) is 5.32 Å². The Balaban J connectivity index is 3.02. The van der Waals surface area contributed by atoms with E-state index in [2.05, 4.69) is 19.2 Å². The molecule has 2 N–H and O–H groups in total. The average molecular weight is 203 g/mol. The lowest BCUT2D eigenvalue weighted by Gasteiger charge is -2.12. The molecule has 1 unspecified atom stereocenters. The minimum absolute atomic E-state index is 0.125. The van der Waals surface area contributed by atoms with Crippen LogP contribution in [0.5, 0.6) is 0 Å². The van der Waals surface area contributed by atoms with E-state index in [9.17, 15) is 0 Å². The van der Waals surface area contributed by atoms with E-state index in [1.807, 2.05) is 0 Å². The van der Waals surface area contributed by atoms with Crippen LogP contribution in [0, 0.1) is 0 Å². The van der Waals surface area contributed by atoms with E-state index in [1.165, 1.54) is 19.3 Å². The summed E-state index contributed by atoms with van der Waals surface area (Å²) in [6.45, 7) is 6.79. The van der Waals surface area contributed by atoms with E-state index in [0.29, 0.717) is 12.6 Å². The van der Waals surface area contributed by atoms with Gasteiger partial charge in [0.2, 0.25) is 0 Å². The van der Waals surface area contributed by atoms with Crippen molar-refractivity contribution in [3.63, 3.8) is 0 Å². The lowest BCUT2D eigenvalue weighted by Crippen LogP contribution is -2.27. The maximum Gasteiger partial charge on any atom is 0.0697 e. The number of aliphatic hydroxyl groups excluding tert-OH is 1. The molecule has 0 heterocycles. The Morgan fingerprint density at radius 2 is 2.07 bits per heavy atom. The number of unbranched alkanes of at least 4 members (excludes halogenated alkanes) is 1. The molecule has 0 aliphatic rings. The fraction of sp³-hybridized carbons (Fsp3) is 1.00. The Morgan fingerprint density at radius 3 is 2.71 bits per heavy atom. The third kappa shape index (κ3) is 9.96. The van der Waals surface area contributed by atoms with Crippen LogP contribution in [0.4, 0.5) is 0 Å². The normalized spacial score (nSPS) is 13.1. The van der Waals surface area contributed by atoms with Crippen LogP contribution in [0.25, 0.3) is 0 Å². The van der Waals surface area contributed by atoms with Gasteiger partial charge in [-0.1, -0.05) is 19.8 Å². The summed E-state index contributed by atoms with van der Waals surface area (Å²) >= 11 is 0. The topological polar surface area (TPSA) is 41.5 Å². The molecule has 86 valence electrons. The van der Waals surface area contributed by atoms with Gasteiger partial charge in [-0.05, 0) is 26.3 Å². The minimum Gasteiger partial charge on any atom is -0.394 e. The predicted octanol–water partition coefficient (Wildman–Crippen LogP) is 1.55. The van der Waals surface area contributed by atoms with Gasteiger partial charge < -0.3 is 15.2 Å². The minimum atomic E-state index is 0.125. The summed E-state index contributed by atoms with van der Waals surface area (Å²) in [5.41, 5.74) is 0. The van der Waals surface area contributed by atoms with Gasteiger partial charge in [0.25, 0.3) is 0 Å². The van der Waals surface area contributed by atoms with Crippen molar-refractivity contribution in [2.45, 2.75) is 45.6 Å².